The van der Waals surface area contributed by atoms with Crippen molar-refractivity contribution >= 4 is 21.7 Å². The number of nitrogens with zero attached hydrogens (tertiary/aromatic N) is 1. The van der Waals surface area contributed by atoms with Gasteiger partial charge in [0, 0.05) is 13.1 Å². The molecule has 1 amide bonds. The highest BCUT2D eigenvalue weighted by Gasteiger charge is 2.66. The van der Waals surface area contributed by atoms with E-state index in [0.717, 1.165) is 0 Å². The highest BCUT2D eigenvalue weighted by molar-refractivity contribution is 7.91. The highest BCUT2D eigenvalue weighted by atomic mass is 32.2. The van der Waals surface area contributed by atoms with Crippen LogP contribution >= 0.6 is 0 Å². The second-order valence-electron chi connectivity index (χ2n) is 6.12. The Bertz CT molecular complexity index is 524. The largest absolute Gasteiger partial charge is 0.481 e. The molecule has 108 valence electrons. The molecule has 0 aromatic heterocycles. The van der Waals surface area contributed by atoms with Crippen molar-refractivity contribution in [3.63, 3.8) is 0 Å². The van der Waals surface area contributed by atoms with Crippen LogP contribution in [-0.4, -0.2) is 54.9 Å². The number of carboxylic acids is 1. The first-order chi connectivity index (χ1) is 8.58. The smallest absolute Gasteiger partial charge is 0.307 e. The van der Waals surface area contributed by atoms with Crippen LogP contribution in [0.5, 0.6) is 0 Å². The maximum atomic E-state index is 12.3. The van der Waals surface area contributed by atoms with Gasteiger partial charge in [0.2, 0.25) is 5.91 Å². The van der Waals surface area contributed by atoms with Gasteiger partial charge >= 0.3 is 5.97 Å². The van der Waals surface area contributed by atoms with Crippen molar-refractivity contribution in [2.24, 2.45) is 17.3 Å². The van der Waals surface area contributed by atoms with Crippen molar-refractivity contribution in [2.45, 2.75) is 26.3 Å². The third kappa shape index (κ3) is 2.35. The summed E-state index contributed by atoms with van der Waals surface area (Å²) in [6, 6.07) is -0.316. The van der Waals surface area contributed by atoms with E-state index in [1.807, 2.05) is 0 Å². The lowest BCUT2D eigenvalue weighted by atomic mass is 10.1. The van der Waals surface area contributed by atoms with E-state index in [2.05, 4.69) is 0 Å². The van der Waals surface area contributed by atoms with Gasteiger partial charge in [-0.25, -0.2) is 8.42 Å². The molecule has 2 aliphatic rings. The number of carbonyl (C=O) groups excluding carboxylic acids is 1. The molecule has 0 aromatic carbocycles. The van der Waals surface area contributed by atoms with E-state index in [-0.39, 0.29) is 23.5 Å². The van der Waals surface area contributed by atoms with E-state index in [0.29, 0.717) is 6.42 Å². The molecule has 0 aromatic rings. The molecule has 1 heterocycles. The molecule has 3 atom stereocenters. The number of amides is 1. The lowest BCUT2D eigenvalue weighted by molar-refractivity contribution is -0.142. The van der Waals surface area contributed by atoms with Gasteiger partial charge < -0.3 is 10.0 Å². The maximum absolute atomic E-state index is 12.3. The summed E-state index contributed by atoms with van der Waals surface area (Å²) < 4.78 is 22.8. The van der Waals surface area contributed by atoms with Crippen LogP contribution in [0.4, 0.5) is 0 Å². The summed E-state index contributed by atoms with van der Waals surface area (Å²) in [6.45, 7) is 3.52. The molecule has 0 radical (unpaired) electrons. The minimum atomic E-state index is -3.05. The van der Waals surface area contributed by atoms with E-state index in [1.54, 1.807) is 20.9 Å². The van der Waals surface area contributed by atoms with E-state index < -0.39 is 33.1 Å². The zero-order valence-electron chi connectivity index (χ0n) is 11.3. The molecule has 1 aliphatic heterocycles. The fourth-order valence-corrected chi connectivity index (χ4v) is 4.81. The second kappa shape index (κ2) is 4.19. The van der Waals surface area contributed by atoms with Gasteiger partial charge in [0.15, 0.2) is 9.84 Å². The van der Waals surface area contributed by atoms with Crippen molar-refractivity contribution in [1.82, 2.24) is 4.90 Å². The first-order valence-electron chi connectivity index (χ1n) is 6.28. The first kappa shape index (κ1) is 14.3. The predicted molar refractivity (Wildman–Crippen MR) is 68.2 cm³/mol. The van der Waals surface area contributed by atoms with Crippen molar-refractivity contribution in [3.8, 4) is 0 Å². The summed E-state index contributed by atoms with van der Waals surface area (Å²) in [6.07, 6.45) is 0.440. The van der Waals surface area contributed by atoms with Crippen LogP contribution in [-0.2, 0) is 19.4 Å². The fourth-order valence-electron chi connectivity index (χ4n) is 3.04. The number of hydrogen-bond donors (Lipinski definition) is 1. The Kier molecular flexibility index (Phi) is 3.16. The van der Waals surface area contributed by atoms with Crippen molar-refractivity contribution in [3.05, 3.63) is 0 Å². The Hall–Kier alpha value is -1.11. The Morgan fingerprint density at radius 1 is 1.26 bits per heavy atom. The van der Waals surface area contributed by atoms with E-state index in [4.69, 9.17) is 5.11 Å². The summed E-state index contributed by atoms with van der Waals surface area (Å²) in [5.41, 5.74) is -0.547. The molecular weight excluding hydrogens is 270 g/mol. The maximum Gasteiger partial charge on any atom is 0.307 e. The van der Waals surface area contributed by atoms with Gasteiger partial charge in [-0.2, -0.15) is 0 Å². The molecule has 19 heavy (non-hydrogen) atoms. The number of sulfone groups is 1. The molecule has 7 heteroatoms. The van der Waals surface area contributed by atoms with Crippen molar-refractivity contribution in [1.29, 1.82) is 0 Å². The zero-order valence-corrected chi connectivity index (χ0v) is 12.1. The Morgan fingerprint density at radius 2 is 1.84 bits per heavy atom. The Labute approximate surface area is 112 Å². The lowest BCUT2D eigenvalue weighted by Gasteiger charge is -2.24. The topological polar surface area (TPSA) is 91.8 Å². The quantitative estimate of drug-likeness (QED) is 0.789. The summed E-state index contributed by atoms with van der Waals surface area (Å²) in [5.74, 6) is -2.33. The van der Waals surface area contributed by atoms with E-state index in [9.17, 15) is 18.0 Å². The number of carbonyl (C=O) groups is 2. The van der Waals surface area contributed by atoms with Gasteiger partial charge in [-0.05, 0) is 11.8 Å². The highest BCUT2D eigenvalue weighted by Crippen LogP contribution is 2.59. The van der Waals surface area contributed by atoms with Crippen LogP contribution in [0, 0.1) is 17.3 Å². The fraction of sp³-hybridized carbons (Fsp3) is 0.833. The average molecular weight is 289 g/mol. The monoisotopic (exact) mass is 289 g/mol. The normalized spacial score (nSPS) is 34.8. The number of carboxylic acid groups (broad SMARTS) is 1. The molecule has 3 unspecified atom stereocenters. The summed E-state index contributed by atoms with van der Waals surface area (Å²) >= 11 is 0. The van der Waals surface area contributed by atoms with E-state index in [1.165, 1.54) is 4.90 Å². The standard InChI is InChI=1S/C12H19NO5S/c1-12(2)8(9(12)11(15)16)10(14)13(3)7-4-5-19(17,18)6-7/h7-9H,4-6H2,1-3H3,(H,15,16). The molecule has 0 bridgehead atoms. The third-order valence-corrected chi connectivity index (χ3v) is 6.21. The van der Waals surface area contributed by atoms with Crippen LogP contribution in [0.25, 0.3) is 0 Å². The van der Waals surface area contributed by atoms with Gasteiger partial charge in [0.25, 0.3) is 0 Å². The summed E-state index contributed by atoms with van der Waals surface area (Å²) in [7, 11) is -1.48. The minimum absolute atomic E-state index is 0.0138. The van der Waals surface area contributed by atoms with Gasteiger partial charge in [-0.1, -0.05) is 13.8 Å². The van der Waals surface area contributed by atoms with E-state index >= 15 is 0 Å². The summed E-state index contributed by atoms with van der Waals surface area (Å²) in [5, 5.41) is 9.07. The van der Waals surface area contributed by atoms with Crippen molar-refractivity contribution < 1.29 is 23.1 Å². The Morgan fingerprint density at radius 3 is 2.21 bits per heavy atom. The molecule has 0 spiro atoms. The number of rotatable bonds is 3. The third-order valence-electron chi connectivity index (χ3n) is 4.46. The number of aliphatic carboxylic acids is 1. The molecule has 6 nitrogen and oxygen atoms in total. The molecule has 2 rings (SSSR count). The predicted octanol–water partition coefficient (Wildman–Crippen LogP) is -0.0113. The van der Waals surface area contributed by atoms with Crippen LogP contribution in [0.2, 0.25) is 0 Å². The second-order valence-corrected chi connectivity index (χ2v) is 8.35. The first-order valence-corrected chi connectivity index (χ1v) is 8.10. The van der Waals surface area contributed by atoms with Crippen LogP contribution in [0.15, 0.2) is 0 Å². The molecule has 2 fully saturated rings. The molecule has 1 saturated carbocycles. The van der Waals surface area contributed by atoms with Gasteiger partial charge in [0.1, 0.15) is 0 Å². The molecular formula is C12H19NO5S. The van der Waals surface area contributed by atoms with Crippen LogP contribution < -0.4 is 0 Å². The SMILES string of the molecule is CN(C(=O)C1C(C(=O)O)C1(C)C)C1CCS(=O)(=O)C1. The van der Waals surface area contributed by atoms with Crippen LogP contribution in [0.1, 0.15) is 20.3 Å². The number of hydrogen-bond acceptors (Lipinski definition) is 4. The van der Waals surface area contributed by atoms with Crippen molar-refractivity contribution in [2.75, 3.05) is 18.6 Å². The lowest BCUT2D eigenvalue weighted by Crippen LogP contribution is -2.39. The zero-order chi connectivity index (χ0) is 14.6. The Balaban J connectivity index is 2.08. The van der Waals surface area contributed by atoms with Gasteiger partial charge in [-0.15, -0.1) is 0 Å². The van der Waals surface area contributed by atoms with Gasteiger partial charge in [-0.3, -0.25) is 9.59 Å². The summed E-state index contributed by atoms with van der Waals surface area (Å²) in [4.78, 5) is 24.8. The van der Waals surface area contributed by atoms with Gasteiger partial charge in [0.05, 0.1) is 23.3 Å². The minimum Gasteiger partial charge on any atom is -0.481 e. The molecule has 1 N–H and O–H groups in total. The molecule has 1 aliphatic carbocycles. The van der Waals surface area contributed by atoms with Crippen LogP contribution in [0.3, 0.4) is 0 Å². The molecule has 1 saturated heterocycles. The average Bonchev–Trinajstić information content (AvgIpc) is 2.66.